The lowest BCUT2D eigenvalue weighted by Gasteiger charge is -2.25. The second kappa shape index (κ2) is 11.5. The largest absolute Gasteiger partial charge is 0.480 e. The van der Waals surface area contributed by atoms with E-state index in [0.29, 0.717) is 12.1 Å². The van der Waals surface area contributed by atoms with Crippen LogP contribution in [0.4, 0.5) is 0 Å². The average molecular weight is 550 g/mol. The quantitative estimate of drug-likeness (QED) is 0.288. The number of amides is 4. The van der Waals surface area contributed by atoms with E-state index in [1.54, 1.807) is 29.9 Å². The van der Waals surface area contributed by atoms with Crippen molar-refractivity contribution in [2.75, 3.05) is 24.6 Å². The molecule has 3 aliphatic rings. The zero-order chi connectivity index (χ0) is 27.6. The summed E-state index contributed by atoms with van der Waals surface area (Å²) >= 11 is 0.969. The van der Waals surface area contributed by atoms with E-state index < -0.39 is 47.9 Å². The minimum atomic E-state index is -1.21. The zero-order valence-corrected chi connectivity index (χ0v) is 21.7. The molecule has 0 aromatic carbocycles. The number of carbonyl (C=O) groups excluding carboxylic acids is 4. The molecule has 3 fully saturated rings. The van der Waals surface area contributed by atoms with E-state index in [1.807, 2.05) is 0 Å². The predicted molar refractivity (Wildman–Crippen MR) is 134 cm³/mol. The summed E-state index contributed by atoms with van der Waals surface area (Å²) < 4.78 is 1.63. The number of aromatic nitrogens is 1. The van der Waals surface area contributed by atoms with Crippen LogP contribution in [-0.2, 0) is 31.0 Å². The highest BCUT2D eigenvalue weighted by Gasteiger charge is 2.44. The molecule has 38 heavy (non-hydrogen) atoms. The van der Waals surface area contributed by atoms with Gasteiger partial charge in [-0.2, -0.15) is 0 Å². The molecule has 3 heterocycles. The lowest BCUT2D eigenvalue weighted by molar-refractivity contribution is -0.148. The van der Waals surface area contributed by atoms with Crippen LogP contribution in [0.1, 0.15) is 36.2 Å². The monoisotopic (exact) mass is 549 g/mol. The Labute approximate surface area is 222 Å². The Kier molecular flexibility index (Phi) is 8.29. The van der Waals surface area contributed by atoms with Gasteiger partial charge in [-0.1, -0.05) is 0 Å². The first kappa shape index (κ1) is 27.5. The lowest BCUT2D eigenvalue weighted by Crippen LogP contribution is -2.51. The summed E-state index contributed by atoms with van der Waals surface area (Å²) in [4.78, 5) is 76.3. The Hall–Kier alpha value is -3.55. The fourth-order valence-corrected chi connectivity index (χ4v) is 5.76. The first-order valence-electron chi connectivity index (χ1n) is 12.4. The second-order valence-electron chi connectivity index (χ2n) is 9.85. The van der Waals surface area contributed by atoms with Gasteiger partial charge in [0.25, 0.3) is 5.91 Å². The SMILES string of the molecule is Cn1cccc1C(=O)NC1CC(C(=O)O)N(C(=O)CSCC(=O)N2CCC(NC(=O)C3CC3)C2C(=O)O)C1. The standard InChI is InChI=1S/C24H31N5O8S/c1-27-7-2-3-16(27)22(33)25-14-9-17(23(34)35)29(10-14)19(31)12-38-11-18(30)28-8-6-15(20(28)24(36)37)26-21(32)13-4-5-13/h2-3,7,13-15,17,20H,4-6,8-12H2,1H3,(H,25,33)(H,26,32)(H,34,35)(H,36,37). The van der Waals surface area contributed by atoms with Crippen LogP contribution in [-0.4, -0.2) is 109 Å². The summed E-state index contributed by atoms with van der Waals surface area (Å²) in [5.41, 5.74) is 0.409. The molecule has 0 radical (unpaired) electrons. The molecule has 206 valence electrons. The molecule has 2 aliphatic heterocycles. The van der Waals surface area contributed by atoms with E-state index in [9.17, 15) is 39.0 Å². The molecule has 0 bridgehead atoms. The number of nitrogens with zero attached hydrogens (tertiary/aromatic N) is 3. The average Bonchev–Trinajstić information content (AvgIpc) is 3.26. The molecule has 1 aromatic heterocycles. The van der Waals surface area contributed by atoms with Crippen LogP contribution in [0, 0.1) is 5.92 Å². The molecule has 4 amide bonds. The number of thioether (sulfide) groups is 1. The van der Waals surface area contributed by atoms with Crippen molar-refractivity contribution in [2.24, 2.45) is 13.0 Å². The van der Waals surface area contributed by atoms with Crippen molar-refractivity contribution >= 4 is 47.3 Å². The van der Waals surface area contributed by atoms with Crippen molar-refractivity contribution in [3.63, 3.8) is 0 Å². The van der Waals surface area contributed by atoms with Gasteiger partial charge in [-0.3, -0.25) is 19.2 Å². The lowest BCUT2D eigenvalue weighted by atomic mass is 10.1. The van der Waals surface area contributed by atoms with Gasteiger partial charge in [-0.25, -0.2) is 9.59 Å². The summed E-state index contributed by atoms with van der Waals surface area (Å²) in [6, 6.07) is -0.150. The van der Waals surface area contributed by atoms with Crippen molar-refractivity contribution in [3.05, 3.63) is 24.0 Å². The number of nitrogens with one attached hydrogen (secondary N) is 2. The minimum absolute atomic E-state index is 0.0239. The number of carboxylic acid groups (broad SMARTS) is 2. The Bertz CT molecular complexity index is 1130. The van der Waals surface area contributed by atoms with Crippen LogP contribution < -0.4 is 10.6 Å². The van der Waals surface area contributed by atoms with E-state index in [-0.39, 0.29) is 48.7 Å². The van der Waals surface area contributed by atoms with Gasteiger partial charge >= 0.3 is 11.9 Å². The third kappa shape index (κ3) is 6.11. The number of rotatable bonds is 10. The first-order chi connectivity index (χ1) is 18.1. The van der Waals surface area contributed by atoms with Gasteiger partial charge in [0.05, 0.1) is 17.5 Å². The maximum atomic E-state index is 12.9. The fraction of sp³-hybridized carbons (Fsp3) is 0.583. The molecule has 14 heteroatoms. The number of aliphatic carboxylic acids is 2. The third-order valence-corrected chi connectivity index (χ3v) is 8.02. The van der Waals surface area contributed by atoms with E-state index >= 15 is 0 Å². The van der Waals surface area contributed by atoms with Crippen molar-refractivity contribution in [3.8, 4) is 0 Å². The number of hydrogen-bond acceptors (Lipinski definition) is 7. The molecule has 4 atom stereocenters. The molecule has 2 saturated heterocycles. The van der Waals surface area contributed by atoms with Gasteiger partial charge in [-0.15, -0.1) is 11.8 Å². The summed E-state index contributed by atoms with van der Waals surface area (Å²) in [5, 5.41) is 24.8. The molecule has 0 spiro atoms. The van der Waals surface area contributed by atoms with Gasteiger partial charge < -0.3 is 35.2 Å². The molecule has 4 unspecified atom stereocenters. The molecule has 13 nitrogen and oxygen atoms in total. The van der Waals surface area contributed by atoms with Crippen LogP contribution >= 0.6 is 11.8 Å². The fourth-order valence-electron chi connectivity index (χ4n) is 4.97. The van der Waals surface area contributed by atoms with E-state index in [1.165, 1.54) is 9.80 Å². The van der Waals surface area contributed by atoms with Gasteiger partial charge in [0.15, 0.2) is 0 Å². The molecular formula is C24H31N5O8S. The summed E-state index contributed by atoms with van der Waals surface area (Å²) in [6.45, 7) is 0.200. The molecule has 1 aliphatic carbocycles. The van der Waals surface area contributed by atoms with Crippen LogP contribution in [0.5, 0.6) is 0 Å². The first-order valence-corrected chi connectivity index (χ1v) is 13.6. The summed E-state index contributed by atoms with van der Waals surface area (Å²) in [6.07, 6.45) is 3.66. The Morgan fingerprint density at radius 3 is 2.24 bits per heavy atom. The number of likely N-dealkylation sites (tertiary alicyclic amines) is 2. The van der Waals surface area contributed by atoms with E-state index in [2.05, 4.69) is 10.6 Å². The highest BCUT2D eigenvalue weighted by Crippen LogP contribution is 2.30. The Morgan fingerprint density at radius 1 is 0.974 bits per heavy atom. The van der Waals surface area contributed by atoms with Gasteiger partial charge in [0.1, 0.15) is 17.8 Å². The van der Waals surface area contributed by atoms with E-state index in [0.717, 1.165) is 24.6 Å². The Morgan fingerprint density at radius 2 is 1.66 bits per heavy atom. The van der Waals surface area contributed by atoms with Crippen molar-refractivity contribution in [2.45, 2.75) is 49.9 Å². The van der Waals surface area contributed by atoms with Crippen molar-refractivity contribution in [1.82, 2.24) is 25.0 Å². The molecular weight excluding hydrogens is 518 g/mol. The highest BCUT2D eigenvalue weighted by molar-refractivity contribution is 8.00. The predicted octanol–water partition coefficient (Wildman–Crippen LogP) is -0.877. The number of hydrogen-bond donors (Lipinski definition) is 4. The second-order valence-corrected chi connectivity index (χ2v) is 10.8. The Balaban J connectivity index is 1.28. The minimum Gasteiger partial charge on any atom is -0.480 e. The van der Waals surface area contributed by atoms with Crippen LogP contribution in [0.2, 0.25) is 0 Å². The van der Waals surface area contributed by atoms with Gasteiger partial charge in [0, 0.05) is 44.7 Å². The number of carbonyl (C=O) groups is 6. The third-order valence-electron chi connectivity index (χ3n) is 7.12. The summed E-state index contributed by atoms with van der Waals surface area (Å²) in [5.74, 6) is -4.34. The zero-order valence-electron chi connectivity index (χ0n) is 20.9. The molecule has 1 aromatic rings. The van der Waals surface area contributed by atoms with Crippen molar-refractivity contribution in [1.29, 1.82) is 0 Å². The van der Waals surface area contributed by atoms with Gasteiger partial charge in [0.2, 0.25) is 17.7 Å². The normalized spacial score (nSPS) is 24.8. The smallest absolute Gasteiger partial charge is 0.328 e. The van der Waals surface area contributed by atoms with E-state index in [4.69, 9.17) is 0 Å². The van der Waals surface area contributed by atoms with Crippen molar-refractivity contribution < 1.29 is 39.0 Å². The molecule has 4 rings (SSSR count). The van der Waals surface area contributed by atoms with Crippen LogP contribution in [0.3, 0.4) is 0 Å². The molecule has 1 saturated carbocycles. The summed E-state index contributed by atoms with van der Waals surface area (Å²) in [7, 11) is 1.71. The number of carboxylic acids is 2. The maximum Gasteiger partial charge on any atom is 0.328 e. The topological polar surface area (TPSA) is 178 Å². The number of aryl methyl sites for hydroxylation is 1. The van der Waals surface area contributed by atoms with Crippen LogP contribution in [0.25, 0.3) is 0 Å². The molecule has 4 N–H and O–H groups in total. The maximum absolute atomic E-state index is 12.9. The van der Waals surface area contributed by atoms with Crippen LogP contribution in [0.15, 0.2) is 18.3 Å². The highest BCUT2D eigenvalue weighted by atomic mass is 32.2. The van der Waals surface area contributed by atoms with Gasteiger partial charge in [-0.05, 0) is 31.4 Å².